The standard InChI is InChI=1S/C31H45NO6/c1-7-8-14-23-28(35)20(2)12-11-15-31(6)26(38-31)18-24(21(3)17-22-13-9-10-16-32-22)37-27(34)19-25(33)30(4,5)29(23)36/h7,9-10,13,16-17,20,23-26,28,33,35H,1,8,11-12,14-15,18-19H2,2-6H3. The zero-order chi connectivity index (χ0) is 28.1. The number of nitrogens with zero attached hydrogens (tertiary/aromatic N) is 1. The Morgan fingerprint density at radius 3 is 2.63 bits per heavy atom. The van der Waals surface area contributed by atoms with E-state index in [1.807, 2.05) is 38.1 Å². The number of hydrogen-bond acceptors (Lipinski definition) is 7. The molecule has 1 aromatic rings. The number of allylic oxidation sites excluding steroid dienone is 1. The number of ketones is 1. The maximum absolute atomic E-state index is 13.7. The summed E-state index contributed by atoms with van der Waals surface area (Å²) in [6.45, 7) is 13.0. The van der Waals surface area contributed by atoms with Crippen molar-refractivity contribution >= 4 is 17.8 Å². The highest BCUT2D eigenvalue weighted by atomic mass is 16.6. The van der Waals surface area contributed by atoms with Crippen LogP contribution < -0.4 is 0 Å². The predicted molar refractivity (Wildman–Crippen MR) is 147 cm³/mol. The second kappa shape index (κ2) is 12.7. The SMILES string of the molecule is C=CCCC1C(=O)C(C)(C)C(O)CC(=O)OC(C(C)=Cc2ccccn2)CC2OC2(C)CCCC(C)C1O. The van der Waals surface area contributed by atoms with Crippen molar-refractivity contribution < 1.29 is 29.3 Å². The van der Waals surface area contributed by atoms with E-state index in [0.717, 1.165) is 30.5 Å². The molecule has 2 saturated heterocycles. The quantitative estimate of drug-likeness (QED) is 0.313. The molecule has 0 aromatic carbocycles. The van der Waals surface area contributed by atoms with Crippen LogP contribution in [0.2, 0.25) is 0 Å². The fraction of sp³-hybridized carbons (Fsp3) is 0.645. The summed E-state index contributed by atoms with van der Waals surface area (Å²) in [5.74, 6) is -1.58. The molecular formula is C31H45NO6. The lowest BCUT2D eigenvalue weighted by molar-refractivity contribution is -0.154. The average molecular weight is 528 g/mol. The third kappa shape index (κ3) is 7.39. The van der Waals surface area contributed by atoms with Crippen molar-refractivity contribution in [2.45, 2.75) is 110 Å². The molecule has 2 N–H and O–H groups in total. The van der Waals surface area contributed by atoms with Crippen molar-refractivity contribution in [3.8, 4) is 0 Å². The van der Waals surface area contributed by atoms with Gasteiger partial charge in [0, 0.05) is 18.5 Å². The number of rotatable bonds is 5. The summed E-state index contributed by atoms with van der Waals surface area (Å²) < 4.78 is 12.0. The van der Waals surface area contributed by atoms with Gasteiger partial charge in [-0.3, -0.25) is 14.6 Å². The Labute approximate surface area is 227 Å². The number of carbonyl (C=O) groups excluding carboxylic acids is 2. The van der Waals surface area contributed by atoms with Crippen LogP contribution in [0.5, 0.6) is 0 Å². The van der Waals surface area contributed by atoms with E-state index < -0.39 is 35.6 Å². The molecule has 210 valence electrons. The molecule has 0 radical (unpaired) electrons. The van der Waals surface area contributed by atoms with Gasteiger partial charge in [-0.1, -0.05) is 39.3 Å². The maximum Gasteiger partial charge on any atom is 0.309 e. The van der Waals surface area contributed by atoms with Gasteiger partial charge in [-0.2, -0.15) is 0 Å². The van der Waals surface area contributed by atoms with E-state index in [1.54, 1.807) is 26.1 Å². The molecule has 38 heavy (non-hydrogen) atoms. The summed E-state index contributed by atoms with van der Waals surface area (Å²) in [7, 11) is 0. The van der Waals surface area contributed by atoms with Crippen molar-refractivity contribution in [3.05, 3.63) is 48.3 Å². The lowest BCUT2D eigenvalue weighted by Crippen LogP contribution is -2.46. The van der Waals surface area contributed by atoms with Crippen LogP contribution in [0, 0.1) is 17.3 Å². The first-order valence-electron chi connectivity index (χ1n) is 13.9. The number of ether oxygens (including phenoxy) is 2. The number of carbonyl (C=O) groups is 2. The van der Waals surface area contributed by atoms with Crippen molar-refractivity contribution in [2.24, 2.45) is 17.3 Å². The van der Waals surface area contributed by atoms with Crippen LogP contribution in [0.4, 0.5) is 0 Å². The van der Waals surface area contributed by atoms with Crippen molar-refractivity contribution in [3.63, 3.8) is 0 Å². The number of Topliss-reactive ketones (excluding diaryl/α,β-unsaturated/α-hetero) is 1. The summed E-state index contributed by atoms with van der Waals surface area (Å²) in [5.41, 5.74) is 0.0338. The Kier molecular flexibility index (Phi) is 10.1. The second-order valence-corrected chi connectivity index (χ2v) is 11.9. The van der Waals surface area contributed by atoms with Gasteiger partial charge < -0.3 is 19.7 Å². The minimum atomic E-state index is -1.26. The van der Waals surface area contributed by atoms with Crippen LogP contribution in [0.1, 0.15) is 85.3 Å². The van der Waals surface area contributed by atoms with E-state index in [1.165, 1.54) is 0 Å². The summed E-state index contributed by atoms with van der Waals surface area (Å²) in [6, 6.07) is 5.62. The van der Waals surface area contributed by atoms with Crippen molar-refractivity contribution in [2.75, 3.05) is 0 Å². The molecule has 1 aromatic heterocycles. The molecule has 2 aliphatic rings. The van der Waals surface area contributed by atoms with Gasteiger partial charge in [0.05, 0.1) is 41.4 Å². The molecule has 7 atom stereocenters. The minimum Gasteiger partial charge on any atom is -0.458 e. The summed E-state index contributed by atoms with van der Waals surface area (Å²) in [5, 5.41) is 22.3. The Morgan fingerprint density at radius 2 is 1.97 bits per heavy atom. The molecule has 0 bridgehead atoms. The molecule has 7 heteroatoms. The van der Waals surface area contributed by atoms with Gasteiger partial charge in [-0.05, 0) is 69.2 Å². The lowest BCUT2D eigenvalue weighted by Gasteiger charge is -2.36. The van der Waals surface area contributed by atoms with Crippen molar-refractivity contribution in [1.29, 1.82) is 0 Å². The highest BCUT2D eigenvalue weighted by Crippen LogP contribution is 2.45. The van der Waals surface area contributed by atoms with Gasteiger partial charge in [0.25, 0.3) is 0 Å². The van der Waals surface area contributed by atoms with E-state index in [9.17, 15) is 19.8 Å². The number of cyclic esters (lactones) is 1. The average Bonchev–Trinajstić information content (AvgIpc) is 3.51. The van der Waals surface area contributed by atoms with Gasteiger partial charge in [0.15, 0.2) is 0 Å². The number of aliphatic hydroxyl groups is 2. The molecule has 3 rings (SSSR count). The van der Waals surface area contributed by atoms with E-state index >= 15 is 0 Å². The first-order chi connectivity index (χ1) is 17.9. The topological polar surface area (TPSA) is 109 Å². The summed E-state index contributed by atoms with van der Waals surface area (Å²) >= 11 is 0. The Bertz CT molecular complexity index is 1000. The maximum atomic E-state index is 13.7. The van der Waals surface area contributed by atoms with E-state index in [-0.39, 0.29) is 29.8 Å². The van der Waals surface area contributed by atoms with Crippen LogP contribution in [0.3, 0.4) is 0 Å². The summed E-state index contributed by atoms with van der Waals surface area (Å²) in [4.78, 5) is 31.1. The Morgan fingerprint density at radius 1 is 1.24 bits per heavy atom. The molecule has 2 aliphatic heterocycles. The van der Waals surface area contributed by atoms with Gasteiger partial charge in [-0.15, -0.1) is 6.58 Å². The number of pyridine rings is 1. The van der Waals surface area contributed by atoms with E-state index in [4.69, 9.17) is 9.47 Å². The van der Waals surface area contributed by atoms with E-state index in [0.29, 0.717) is 19.3 Å². The first kappa shape index (κ1) is 30.2. The van der Waals surface area contributed by atoms with Gasteiger partial charge >= 0.3 is 5.97 Å². The molecule has 7 nitrogen and oxygen atoms in total. The molecule has 7 unspecified atom stereocenters. The molecule has 0 saturated carbocycles. The summed E-state index contributed by atoms with van der Waals surface area (Å²) in [6.07, 6.45) is 6.22. The zero-order valence-corrected chi connectivity index (χ0v) is 23.6. The molecule has 0 amide bonds. The van der Waals surface area contributed by atoms with E-state index in [2.05, 4.69) is 18.5 Å². The first-order valence-corrected chi connectivity index (χ1v) is 13.9. The lowest BCUT2D eigenvalue weighted by atomic mass is 9.71. The predicted octanol–water partition coefficient (Wildman–Crippen LogP) is 5.05. The van der Waals surface area contributed by atoms with Crippen LogP contribution in [0.15, 0.2) is 42.6 Å². The normalized spacial score (nSPS) is 35.2. The minimum absolute atomic E-state index is 0.0659. The van der Waals surface area contributed by atoms with Gasteiger partial charge in [0.1, 0.15) is 11.9 Å². The van der Waals surface area contributed by atoms with Crippen LogP contribution in [-0.4, -0.2) is 57.0 Å². The second-order valence-electron chi connectivity index (χ2n) is 11.9. The number of fused-ring (bicyclic) bond motifs is 1. The smallest absolute Gasteiger partial charge is 0.309 e. The van der Waals surface area contributed by atoms with Crippen LogP contribution >= 0.6 is 0 Å². The van der Waals surface area contributed by atoms with Crippen LogP contribution in [-0.2, 0) is 19.1 Å². The number of hydrogen-bond donors (Lipinski definition) is 2. The van der Waals surface area contributed by atoms with Gasteiger partial charge in [0.2, 0.25) is 0 Å². The molecule has 0 aliphatic carbocycles. The van der Waals surface area contributed by atoms with Crippen molar-refractivity contribution in [1.82, 2.24) is 4.98 Å². The molecule has 3 heterocycles. The molecule has 2 fully saturated rings. The molecular weight excluding hydrogens is 482 g/mol. The monoisotopic (exact) mass is 527 g/mol. The number of esters is 1. The molecule has 0 spiro atoms. The largest absolute Gasteiger partial charge is 0.458 e. The number of aromatic nitrogens is 1. The number of epoxide rings is 1. The third-order valence-electron chi connectivity index (χ3n) is 8.48. The third-order valence-corrected chi connectivity index (χ3v) is 8.48. The van der Waals surface area contributed by atoms with Gasteiger partial charge in [-0.25, -0.2) is 0 Å². The highest BCUT2D eigenvalue weighted by Gasteiger charge is 2.53. The zero-order valence-electron chi connectivity index (χ0n) is 23.6. The number of aliphatic hydroxyl groups excluding tert-OH is 2. The Hall–Kier alpha value is -2.35. The Balaban J connectivity index is 1.88. The highest BCUT2D eigenvalue weighted by molar-refractivity contribution is 5.88. The van der Waals surface area contributed by atoms with Crippen LogP contribution in [0.25, 0.3) is 6.08 Å². The fourth-order valence-corrected chi connectivity index (χ4v) is 5.48. The fourth-order valence-electron chi connectivity index (χ4n) is 5.48.